The quantitative estimate of drug-likeness (QED) is 0.228. The maximum Gasteiger partial charge on any atom is 0.417 e. The van der Waals surface area contributed by atoms with Gasteiger partial charge >= 0.3 is 12.3 Å². The fourth-order valence-corrected chi connectivity index (χ4v) is 7.91. The van der Waals surface area contributed by atoms with E-state index < -0.39 is 64.2 Å². The Kier molecular flexibility index (Phi) is 11.6. The van der Waals surface area contributed by atoms with E-state index in [2.05, 4.69) is 26.1 Å². The van der Waals surface area contributed by atoms with Gasteiger partial charge in [-0.05, 0) is 73.9 Å². The molecule has 2 heterocycles. The molecule has 3 aromatic rings. The van der Waals surface area contributed by atoms with Crippen molar-refractivity contribution in [1.29, 1.82) is 0 Å². The van der Waals surface area contributed by atoms with Gasteiger partial charge in [-0.2, -0.15) is 13.2 Å². The van der Waals surface area contributed by atoms with Crippen molar-refractivity contribution in [3.05, 3.63) is 82.9 Å². The summed E-state index contributed by atoms with van der Waals surface area (Å²) < 4.78 is 51.0. The molecule has 0 aromatic heterocycles. The summed E-state index contributed by atoms with van der Waals surface area (Å²) in [6.07, 6.45) is -5.67. The number of likely N-dealkylation sites (tertiary alicyclic amines) is 1. The number of alkyl halides is 3. The Morgan fingerprint density at radius 2 is 1.71 bits per heavy atom. The Bertz CT molecular complexity index is 1940. The molecule has 0 bridgehead atoms. The smallest absolute Gasteiger partial charge is 0.417 e. The maximum absolute atomic E-state index is 15.0. The second-order valence-corrected chi connectivity index (χ2v) is 16.0. The van der Waals surface area contributed by atoms with Gasteiger partial charge in [-0.25, -0.2) is 4.79 Å². The second kappa shape index (κ2) is 15.6. The van der Waals surface area contributed by atoms with E-state index in [1.165, 1.54) is 28.5 Å². The van der Waals surface area contributed by atoms with Gasteiger partial charge in [0.05, 0.1) is 22.9 Å². The van der Waals surface area contributed by atoms with E-state index in [1.54, 1.807) is 20.8 Å². The monoisotopic (exact) mass is 764 g/mol. The van der Waals surface area contributed by atoms with Crippen molar-refractivity contribution in [2.45, 2.75) is 103 Å². The van der Waals surface area contributed by atoms with Crippen LogP contribution in [-0.4, -0.2) is 82.6 Å². The molecule has 3 aromatic carbocycles. The fraction of sp³-hybridized carbons (Fsp3) is 0.476. The first kappa shape index (κ1) is 41.1. The van der Waals surface area contributed by atoms with Crippen LogP contribution in [0.1, 0.15) is 101 Å². The van der Waals surface area contributed by atoms with Gasteiger partial charge in [-0.1, -0.05) is 76.2 Å². The number of nitrogens with zero attached hydrogens (tertiary/aromatic N) is 3. The van der Waals surface area contributed by atoms with Gasteiger partial charge in [-0.15, -0.1) is 0 Å². The summed E-state index contributed by atoms with van der Waals surface area (Å²) in [4.78, 5) is 56.9. The number of carboxylic acid groups (broad SMARTS) is 1. The summed E-state index contributed by atoms with van der Waals surface area (Å²) in [5, 5.41) is 12.9. The van der Waals surface area contributed by atoms with E-state index >= 15 is 13.2 Å². The van der Waals surface area contributed by atoms with Crippen LogP contribution in [0.3, 0.4) is 0 Å². The Morgan fingerprint density at radius 1 is 1.04 bits per heavy atom. The number of rotatable bonds is 9. The van der Waals surface area contributed by atoms with Gasteiger partial charge in [0.25, 0.3) is 11.8 Å². The normalized spacial score (nSPS) is 18.4. The minimum atomic E-state index is -5.00. The predicted octanol–water partition coefficient (Wildman–Crippen LogP) is 8.09. The van der Waals surface area contributed by atoms with Crippen molar-refractivity contribution >= 4 is 29.5 Å². The van der Waals surface area contributed by atoms with Gasteiger partial charge in [0, 0.05) is 44.6 Å². The maximum atomic E-state index is 15.0. The second-order valence-electron chi connectivity index (χ2n) is 16.0. The average Bonchev–Trinajstić information content (AvgIpc) is 3.11. The van der Waals surface area contributed by atoms with Crippen LogP contribution in [0.2, 0.25) is 0 Å². The van der Waals surface area contributed by atoms with Crippen molar-refractivity contribution in [2.75, 3.05) is 31.1 Å². The molecule has 0 radical (unpaired) electrons. The van der Waals surface area contributed by atoms with Gasteiger partial charge in [0.15, 0.2) is 5.60 Å². The first-order chi connectivity index (χ1) is 25.7. The summed E-state index contributed by atoms with van der Waals surface area (Å²) in [6, 6.07) is 16.0. The molecule has 1 saturated heterocycles. The minimum Gasteiger partial charge on any atom is -0.476 e. The number of halogens is 3. The SMILES string of the molecule is CCC(=O)NCCN1C(=O)C(C)(C)Oc2cc(C(F)(F)F)c(C(=O)N(C(C)C)[C@@H]3CN(C(=O)O)CC[C@H]3c3cccc(-c4ccccc4)c3C(C)(C)C)cc21. The van der Waals surface area contributed by atoms with Gasteiger partial charge in [0.2, 0.25) is 5.91 Å². The Balaban J connectivity index is 1.69. The predicted molar refractivity (Wildman–Crippen MR) is 204 cm³/mol. The standard InChI is InChI=1S/C42H51F3N4O6/c1-9-35(50)46-19-21-48-32-22-30(31(42(43,44)45)23-34(32)55-41(7,8)38(48)52)37(51)49(25(2)3)33-24-47(39(53)54)20-18-28(33)29-17-13-16-27(36(29)40(4,5)6)26-14-11-10-12-15-26/h10-17,22-23,25,28,33H,9,18-21,24H2,1-8H3,(H,46,50)(H,53,54)/t28-,33+/m0/s1. The van der Waals surface area contributed by atoms with Gasteiger partial charge < -0.3 is 29.9 Å². The highest BCUT2D eigenvalue weighted by Crippen LogP contribution is 2.46. The number of amides is 4. The Labute approximate surface area is 320 Å². The van der Waals surface area contributed by atoms with Crippen molar-refractivity contribution in [1.82, 2.24) is 15.1 Å². The number of hydrogen-bond acceptors (Lipinski definition) is 5. The van der Waals surface area contributed by atoms with Gasteiger partial charge in [-0.3, -0.25) is 14.4 Å². The topological polar surface area (TPSA) is 119 Å². The molecular weight excluding hydrogens is 713 g/mol. The van der Waals surface area contributed by atoms with E-state index in [0.717, 1.165) is 34.4 Å². The number of hydrogen-bond donors (Lipinski definition) is 2. The van der Waals surface area contributed by atoms with Crippen molar-refractivity contribution in [2.24, 2.45) is 0 Å². The minimum absolute atomic E-state index is 0.0171. The zero-order valence-electron chi connectivity index (χ0n) is 32.7. The molecule has 4 amide bonds. The molecular formula is C42H51F3N4O6. The Morgan fingerprint density at radius 3 is 2.29 bits per heavy atom. The Hall–Kier alpha value is -5.07. The van der Waals surface area contributed by atoms with Gasteiger partial charge in [0.1, 0.15) is 5.75 Å². The highest BCUT2D eigenvalue weighted by Gasteiger charge is 2.47. The van der Waals surface area contributed by atoms with E-state index in [1.807, 2.05) is 48.5 Å². The highest BCUT2D eigenvalue weighted by atomic mass is 19.4. The summed E-state index contributed by atoms with van der Waals surface area (Å²) in [5.41, 5.74) is -0.0601. The molecule has 13 heteroatoms. The zero-order valence-corrected chi connectivity index (χ0v) is 32.7. The summed E-state index contributed by atoms with van der Waals surface area (Å²) in [7, 11) is 0. The first-order valence-electron chi connectivity index (χ1n) is 18.7. The average molecular weight is 765 g/mol. The third-order valence-electron chi connectivity index (χ3n) is 10.4. The van der Waals surface area contributed by atoms with Crippen LogP contribution in [0.4, 0.5) is 23.7 Å². The molecule has 0 unspecified atom stereocenters. The molecule has 55 heavy (non-hydrogen) atoms. The number of carbonyl (C=O) groups is 4. The third-order valence-corrected chi connectivity index (χ3v) is 10.4. The third kappa shape index (κ3) is 8.45. The van der Waals surface area contributed by atoms with E-state index in [-0.39, 0.29) is 49.9 Å². The number of fused-ring (bicyclic) bond motifs is 1. The molecule has 2 aliphatic heterocycles. The van der Waals surface area contributed by atoms with Crippen LogP contribution >= 0.6 is 0 Å². The molecule has 5 rings (SSSR count). The number of ether oxygens (including phenoxy) is 1. The fourth-order valence-electron chi connectivity index (χ4n) is 7.91. The van der Waals surface area contributed by atoms with E-state index in [0.29, 0.717) is 6.42 Å². The molecule has 0 aliphatic carbocycles. The molecule has 2 atom stereocenters. The molecule has 0 saturated carbocycles. The van der Waals surface area contributed by atoms with Crippen LogP contribution < -0.4 is 15.0 Å². The number of carbonyl (C=O) groups excluding carboxylic acids is 3. The summed E-state index contributed by atoms with van der Waals surface area (Å²) in [6.45, 7) is 14.2. The van der Waals surface area contributed by atoms with Crippen molar-refractivity contribution in [3.63, 3.8) is 0 Å². The molecule has 296 valence electrons. The van der Waals surface area contributed by atoms with Crippen LogP contribution in [0.5, 0.6) is 5.75 Å². The van der Waals surface area contributed by atoms with E-state index in [9.17, 15) is 24.3 Å². The lowest BCUT2D eigenvalue weighted by molar-refractivity contribution is -0.138. The molecule has 2 N–H and O–H groups in total. The van der Waals surface area contributed by atoms with E-state index in [4.69, 9.17) is 4.74 Å². The first-order valence-corrected chi connectivity index (χ1v) is 18.7. The lowest BCUT2D eigenvalue weighted by Gasteiger charge is -2.47. The van der Waals surface area contributed by atoms with Crippen LogP contribution in [0.25, 0.3) is 11.1 Å². The number of anilines is 1. The molecule has 10 nitrogen and oxygen atoms in total. The van der Waals surface area contributed by atoms with Crippen LogP contribution in [-0.2, 0) is 21.2 Å². The number of nitrogens with one attached hydrogen (secondary N) is 1. The van der Waals surface area contributed by atoms with Crippen molar-refractivity contribution in [3.8, 4) is 16.9 Å². The molecule has 2 aliphatic rings. The van der Waals surface area contributed by atoms with Crippen molar-refractivity contribution < 1.29 is 42.2 Å². The largest absolute Gasteiger partial charge is 0.476 e. The number of benzene rings is 3. The molecule has 1 fully saturated rings. The summed E-state index contributed by atoms with van der Waals surface area (Å²) >= 11 is 0. The highest BCUT2D eigenvalue weighted by molar-refractivity contribution is 6.05. The lowest BCUT2D eigenvalue weighted by atomic mass is 9.72. The number of piperidine rings is 1. The zero-order chi connectivity index (χ0) is 40.6. The van der Waals surface area contributed by atoms with Crippen LogP contribution in [0, 0.1) is 0 Å². The summed E-state index contributed by atoms with van der Waals surface area (Å²) in [5.74, 6) is -2.46. The van der Waals surface area contributed by atoms with Crippen LogP contribution in [0.15, 0.2) is 60.7 Å². The molecule has 0 spiro atoms. The lowest BCUT2D eigenvalue weighted by Crippen LogP contribution is -2.57.